The van der Waals surface area contributed by atoms with Crippen LogP contribution in [-0.4, -0.2) is 44.5 Å². The number of piperidine rings is 1. The number of likely N-dealkylation sites (tertiary alicyclic amines) is 1. The van der Waals surface area contributed by atoms with Gasteiger partial charge in [0.1, 0.15) is 11.6 Å². The predicted octanol–water partition coefficient (Wildman–Crippen LogP) is 4.12. The minimum absolute atomic E-state index is 0.00805. The average molecular weight is 371 g/mol. The van der Waals surface area contributed by atoms with Gasteiger partial charge in [0, 0.05) is 25.1 Å². The molecule has 0 amide bonds. The van der Waals surface area contributed by atoms with Crippen LogP contribution in [0.5, 0.6) is 5.75 Å². The average Bonchev–Trinajstić information content (AvgIpc) is 2.72. The first-order valence-electron chi connectivity index (χ1n) is 9.29. The highest BCUT2D eigenvalue weighted by Gasteiger charge is 2.27. The number of methoxy groups -OCH3 is 2. The van der Waals surface area contributed by atoms with Crippen LogP contribution in [0.2, 0.25) is 0 Å². The van der Waals surface area contributed by atoms with Crippen LogP contribution in [0.4, 0.5) is 4.39 Å². The Balaban J connectivity index is 1.54. The number of Topliss-reactive ketones (excluding diaryl/α,β-unsaturated/α-hetero) is 1. The number of nitrogens with zero attached hydrogens (tertiary/aromatic N) is 1. The maximum absolute atomic E-state index is 13.0. The van der Waals surface area contributed by atoms with Crippen LogP contribution in [0, 0.1) is 11.7 Å². The highest BCUT2D eigenvalue weighted by atomic mass is 19.1. The molecule has 1 aliphatic rings. The Morgan fingerprint density at radius 3 is 2.26 bits per heavy atom. The van der Waals surface area contributed by atoms with E-state index in [1.54, 1.807) is 26.4 Å². The third-order valence-corrected chi connectivity index (χ3v) is 5.28. The summed E-state index contributed by atoms with van der Waals surface area (Å²) in [5.41, 5.74) is 1.71. The van der Waals surface area contributed by atoms with Crippen molar-refractivity contribution < 1.29 is 18.7 Å². The predicted molar refractivity (Wildman–Crippen MR) is 103 cm³/mol. The molecule has 0 bridgehead atoms. The van der Waals surface area contributed by atoms with E-state index in [9.17, 15) is 9.18 Å². The highest BCUT2D eigenvalue weighted by molar-refractivity contribution is 5.97. The van der Waals surface area contributed by atoms with Gasteiger partial charge in [-0.05, 0) is 67.9 Å². The van der Waals surface area contributed by atoms with Gasteiger partial charge in [-0.25, -0.2) is 4.39 Å². The molecular formula is C22H26FNO3. The molecule has 3 rings (SSSR count). The van der Waals surface area contributed by atoms with Crippen molar-refractivity contribution in [2.24, 2.45) is 5.92 Å². The van der Waals surface area contributed by atoms with Crippen molar-refractivity contribution in [1.29, 1.82) is 0 Å². The van der Waals surface area contributed by atoms with Crippen molar-refractivity contribution in [1.82, 2.24) is 4.90 Å². The second kappa shape index (κ2) is 9.11. The number of carbonyl (C=O) groups excluding carboxylic acids is 1. The molecule has 4 nitrogen and oxygen atoms in total. The number of ketones is 1. The number of hydrogen-bond acceptors (Lipinski definition) is 4. The summed E-state index contributed by atoms with van der Waals surface area (Å²) in [6.07, 6.45) is 1.62. The molecule has 0 saturated carbocycles. The molecule has 0 aromatic heterocycles. The highest BCUT2D eigenvalue weighted by Crippen LogP contribution is 2.26. The van der Waals surface area contributed by atoms with Crippen LogP contribution < -0.4 is 4.74 Å². The lowest BCUT2D eigenvalue weighted by atomic mass is 9.88. The maximum atomic E-state index is 13.0. The molecule has 0 radical (unpaired) electrons. The molecule has 0 N–H and O–H groups in total. The van der Waals surface area contributed by atoms with Crippen LogP contribution >= 0.6 is 0 Å². The minimum atomic E-state index is -0.314. The maximum Gasteiger partial charge on any atom is 0.166 e. The Morgan fingerprint density at radius 1 is 1.07 bits per heavy atom. The SMILES string of the molecule is COc1ccc(C(CN2CCC(C(=O)c3ccc(F)cc3)CC2)OC)cc1. The van der Waals surface area contributed by atoms with E-state index in [4.69, 9.17) is 9.47 Å². The second-order valence-electron chi connectivity index (χ2n) is 6.94. The van der Waals surface area contributed by atoms with E-state index in [1.165, 1.54) is 12.1 Å². The van der Waals surface area contributed by atoms with Gasteiger partial charge >= 0.3 is 0 Å². The molecule has 27 heavy (non-hydrogen) atoms. The molecule has 1 unspecified atom stereocenters. The van der Waals surface area contributed by atoms with Crippen molar-refractivity contribution in [3.8, 4) is 5.75 Å². The summed E-state index contributed by atoms with van der Waals surface area (Å²) in [6.45, 7) is 2.50. The standard InChI is InChI=1S/C22H26FNO3/c1-26-20-9-5-16(6-10-20)21(27-2)15-24-13-11-18(12-14-24)22(25)17-3-7-19(23)8-4-17/h3-10,18,21H,11-15H2,1-2H3. The normalized spacial score (nSPS) is 16.9. The van der Waals surface area contributed by atoms with Gasteiger partial charge in [-0.1, -0.05) is 12.1 Å². The van der Waals surface area contributed by atoms with E-state index < -0.39 is 0 Å². The number of benzene rings is 2. The van der Waals surface area contributed by atoms with Crippen LogP contribution in [0.15, 0.2) is 48.5 Å². The van der Waals surface area contributed by atoms with E-state index >= 15 is 0 Å². The van der Waals surface area contributed by atoms with Gasteiger partial charge in [0.25, 0.3) is 0 Å². The summed E-state index contributed by atoms with van der Waals surface area (Å²) in [5.74, 6) is 0.640. The summed E-state index contributed by atoms with van der Waals surface area (Å²) in [5, 5.41) is 0. The Bertz CT molecular complexity index is 737. The van der Waals surface area contributed by atoms with E-state index in [-0.39, 0.29) is 23.6 Å². The van der Waals surface area contributed by atoms with Gasteiger partial charge in [-0.15, -0.1) is 0 Å². The molecule has 144 valence electrons. The van der Waals surface area contributed by atoms with E-state index in [0.717, 1.165) is 43.8 Å². The fourth-order valence-corrected chi connectivity index (χ4v) is 3.60. The lowest BCUT2D eigenvalue weighted by molar-refractivity contribution is 0.0485. The molecule has 1 fully saturated rings. The molecule has 0 spiro atoms. The minimum Gasteiger partial charge on any atom is -0.497 e. The van der Waals surface area contributed by atoms with Crippen LogP contribution in [0.3, 0.4) is 0 Å². The Morgan fingerprint density at radius 2 is 1.70 bits per heavy atom. The smallest absolute Gasteiger partial charge is 0.166 e. The molecule has 1 saturated heterocycles. The number of rotatable bonds is 7. The molecule has 2 aromatic carbocycles. The first kappa shape index (κ1) is 19.5. The Labute approximate surface area is 159 Å². The summed E-state index contributed by atoms with van der Waals surface area (Å²) < 4.78 is 23.9. The van der Waals surface area contributed by atoms with E-state index in [2.05, 4.69) is 4.90 Å². The Hall–Kier alpha value is -2.24. The zero-order valence-corrected chi connectivity index (χ0v) is 15.9. The van der Waals surface area contributed by atoms with Gasteiger partial charge in [-0.2, -0.15) is 0 Å². The topological polar surface area (TPSA) is 38.8 Å². The Kier molecular flexibility index (Phi) is 6.58. The number of carbonyl (C=O) groups is 1. The first-order chi connectivity index (χ1) is 13.1. The molecular weight excluding hydrogens is 345 g/mol. The molecule has 1 atom stereocenters. The summed E-state index contributed by atoms with van der Waals surface area (Å²) in [7, 11) is 3.37. The van der Waals surface area contributed by atoms with Crippen molar-refractivity contribution in [3.05, 3.63) is 65.5 Å². The lowest BCUT2D eigenvalue weighted by Crippen LogP contribution is -2.39. The van der Waals surface area contributed by atoms with E-state index in [1.807, 2.05) is 24.3 Å². The van der Waals surface area contributed by atoms with Crippen molar-refractivity contribution >= 4 is 5.78 Å². The lowest BCUT2D eigenvalue weighted by Gasteiger charge is -2.33. The number of ether oxygens (including phenoxy) is 2. The monoisotopic (exact) mass is 371 g/mol. The van der Waals surface area contributed by atoms with E-state index in [0.29, 0.717) is 5.56 Å². The largest absolute Gasteiger partial charge is 0.497 e. The quantitative estimate of drug-likeness (QED) is 0.687. The zero-order valence-electron chi connectivity index (χ0n) is 15.9. The zero-order chi connectivity index (χ0) is 19.2. The fourth-order valence-electron chi connectivity index (χ4n) is 3.60. The molecule has 1 heterocycles. The van der Waals surface area contributed by atoms with Crippen LogP contribution in [0.25, 0.3) is 0 Å². The fraction of sp³-hybridized carbons (Fsp3) is 0.409. The summed E-state index contributed by atoms with van der Waals surface area (Å²) >= 11 is 0. The molecule has 2 aromatic rings. The van der Waals surface area contributed by atoms with Crippen molar-refractivity contribution in [3.63, 3.8) is 0 Å². The third-order valence-electron chi connectivity index (χ3n) is 5.28. The van der Waals surface area contributed by atoms with Gasteiger partial charge in [0.15, 0.2) is 5.78 Å². The third kappa shape index (κ3) is 4.93. The van der Waals surface area contributed by atoms with Crippen molar-refractivity contribution in [2.45, 2.75) is 18.9 Å². The number of hydrogen-bond donors (Lipinski definition) is 0. The molecule has 5 heteroatoms. The van der Waals surface area contributed by atoms with Crippen LogP contribution in [-0.2, 0) is 4.74 Å². The summed E-state index contributed by atoms with van der Waals surface area (Å²) in [6, 6.07) is 13.8. The number of halogens is 1. The van der Waals surface area contributed by atoms with Gasteiger partial charge in [0.2, 0.25) is 0 Å². The second-order valence-corrected chi connectivity index (χ2v) is 6.94. The molecule has 1 aliphatic heterocycles. The molecule has 0 aliphatic carbocycles. The summed E-state index contributed by atoms with van der Waals surface area (Å²) in [4.78, 5) is 14.9. The van der Waals surface area contributed by atoms with Crippen LogP contribution in [0.1, 0.15) is 34.9 Å². The van der Waals surface area contributed by atoms with Gasteiger partial charge in [0.05, 0.1) is 13.2 Å². The van der Waals surface area contributed by atoms with Crippen molar-refractivity contribution in [2.75, 3.05) is 33.9 Å². The first-order valence-corrected chi connectivity index (χ1v) is 9.29. The van der Waals surface area contributed by atoms with Gasteiger partial charge in [-0.3, -0.25) is 4.79 Å². The van der Waals surface area contributed by atoms with Gasteiger partial charge < -0.3 is 14.4 Å².